The van der Waals surface area contributed by atoms with Crippen molar-refractivity contribution < 1.29 is 9.59 Å². The maximum absolute atomic E-state index is 12.4. The maximum Gasteiger partial charge on any atom is 0.261 e. The summed E-state index contributed by atoms with van der Waals surface area (Å²) in [6.45, 7) is 4.00. The van der Waals surface area contributed by atoms with Crippen LogP contribution in [0.1, 0.15) is 26.7 Å². The summed E-state index contributed by atoms with van der Waals surface area (Å²) in [7, 11) is 0. The zero-order valence-corrected chi connectivity index (χ0v) is 15.8. The van der Waals surface area contributed by atoms with E-state index in [1.165, 1.54) is 10.9 Å². The summed E-state index contributed by atoms with van der Waals surface area (Å²) in [5.74, 6) is -0.446. The van der Waals surface area contributed by atoms with Gasteiger partial charge >= 0.3 is 0 Å². The second-order valence-electron chi connectivity index (χ2n) is 5.82. The second-order valence-corrected chi connectivity index (χ2v) is 6.73. The number of carbonyl (C=O) groups is 2. The Balaban J connectivity index is 1.93. The number of hydrogen-bond donors (Lipinski definition) is 2. The molecule has 0 saturated heterocycles. The highest BCUT2D eigenvalue weighted by Gasteiger charge is 2.10. The van der Waals surface area contributed by atoms with Crippen molar-refractivity contribution >= 4 is 38.6 Å². The van der Waals surface area contributed by atoms with Crippen molar-refractivity contribution in [3.63, 3.8) is 0 Å². The Morgan fingerprint density at radius 2 is 2.08 bits per heavy atom. The van der Waals surface area contributed by atoms with E-state index in [-0.39, 0.29) is 42.9 Å². The molecule has 2 aromatic rings. The molecular weight excluding hydrogens is 388 g/mol. The van der Waals surface area contributed by atoms with Crippen molar-refractivity contribution in [2.24, 2.45) is 0 Å². The van der Waals surface area contributed by atoms with Gasteiger partial charge in [-0.15, -0.1) is 0 Å². The molecule has 25 heavy (non-hydrogen) atoms. The predicted molar refractivity (Wildman–Crippen MR) is 99.2 cm³/mol. The molecule has 1 atom stereocenters. The molecular formula is C17H21BrN4O3. The van der Waals surface area contributed by atoms with E-state index in [0.29, 0.717) is 10.9 Å². The lowest BCUT2D eigenvalue weighted by molar-refractivity contribution is -0.123. The summed E-state index contributed by atoms with van der Waals surface area (Å²) in [4.78, 5) is 40.2. The molecule has 0 saturated carbocycles. The Morgan fingerprint density at radius 1 is 1.32 bits per heavy atom. The van der Waals surface area contributed by atoms with Crippen LogP contribution < -0.4 is 16.2 Å². The Labute approximate surface area is 153 Å². The van der Waals surface area contributed by atoms with Crippen LogP contribution in [0.3, 0.4) is 0 Å². The summed E-state index contributed by atoms with van der Waals surface area (Å²) in [5.41, 5.74) is 0.294. The molecule has 0 spiro atoms. The molecule has 0 radical (unpaired) electrons. The van der Waals surface area contributed by atoms with E-state index in [2.05, 4.69) is 31.5 Å². The number of benzene rings is 1. The Kier molecular flexibility index (Phi) is 6.69. The average molecular weight is 409 g/mol. The quantitative estimate of drug-likeness (QED) is 0.726. The van der Waals surface area contributed by atoms with Gasteiger partial charge in [0.2, 0.25) is 11.8 Å². The number of rotatable bonds is 7. The SMILES string of the molecule is CCC(C)NC(=O)CCNC(=O)Cn1cnc2ccc(Br)cc2c1=O. The first kappa shape index (κ1) is 19.1. The molecule has 0 aliphatic carbocycles. The minimum Gasteiger partial charge on any atom is -0.354 e. The molecule has 1 unspecified atom stereocenters. The summed E-state index contributed by atoms with van der Waals surface area (Å²) in [6, 6.07) is 5.33. The standard InChI is InChI=1S/C17H21BrN4O3/c1-3-11(2)21-15(23)6-7-19-16(24)9-22-10-20-14-5-4-12(18)8-13(14)17(22)25/h4-5,8,10-11H,3,6-7,9H2,1-2H3,(H,19,24)(H,21,23). The Hall–Kier alpha value is -2.22. The van der Waals surface area contributed by atoms with Crippen molar-refractivity contribution in [3.05, 3.63) is 39.4 Å². The van der Waals surface area contributed by atoms with Gasteiger partial charge < -0.3 is 10.6 Å². The van der Waals surface area contributed by atoms with Crippen LogP contribution >= 0.6 is 15.9 Å². The molecule has 2 amide bonds. The summed E-state index contributed by atoms with van der Waals surface area (Å²) < 4.78 is 2.02. The number of amides is 2. The van der Waals surface area contributed by atoms with Crippen LogP contribution in [0.2, 0.25) is 0 Å². The number of nitrogens with zero attached hydrogens (tertiary/aromatic N) is 2. The third-order valence-corrected chi connectivity index (χ3v) is 4.29. The van der Waals surface area contributed by atoms with E-state index in [1.54, 1.807) is 18.2 Å². The van der Waals surface area contributed by atoms with Gasteiger partial charge in [0.15, 0.2) is 0 Å². The van der Waals surface area contributed by atoms with Crippen LogP contribution in [0, 0.1) is 0 Å². The highest BCUT2D eigenvalue weighted by molar-refractivity contribution is 9.10. The van der Waals surface area contributed by atoms with E-state index >= 15 is 0 Å². The second kappa shape index (κ2) is 8.75. The van der Waals surface area contributed by atoms with Crippen LogP contribution in [0.4, 0.5) is 0 Å². The largest absolute Gasteiger partial charge is 0.354 e. The molecule has 2 rings (SSSR count). The van der Waals surface area contributed by atoms with Crippen LogP contribution in [0.15, 0.2) is 33.8 Å². The van der Waals surface area contributed by atoms with E-state index < -0.39 is 0 Å². The molecule has 1 aromatic carbocycles. The van der Waals surface area contributed by atoms with Crippen molar-refractivity contribution in [1.29, 1.82) is 0 Å². The molecule has 0 bridgehead atoms. The number of carbonyl (C=O) groups excluding carboxylic acids is 2. The van der Waals surface area contributed by atoms with Crippen LogP contribution in [0.25, 0.3) is 10.9 Å². The zero-order chi connectivity index (χ0) is 18.4. The third kappa shape index (κ3) is 5.38. The minimum atomic E-state index is -0.338. The fourth-order valence-electron chi connectivity index (χ4n) is 2.22. The lowest BCUT2D eigenvalue weighted by atomic mass is 10.2. The molecule has 1 aromatic heterocycles. The van der Waals surface area contributed by atoms with Crippen molar-refractivity contribution in [2.75, 3.05) is 6.54 Å². The van der Waals surface area contributed by atoms with Crippen LogP contribution in [-0.2, 0) is 16.1 Å². The smallest absolute Gasteiger partial charge is 0.261 e. The molecule has 134 valence electrons. The maximum atomic E-state index is 12.4. The Bertz CT molecular complexity index is 834. The van der Waals surface area contributed by atoms with Gasteiger partial charge in [0.1, 0.15) is 6.54 Å². The lowest BCUT2D eigenvalue weighted by Crippen LogP contribution is -2.37. The van der Waals surface area contributed by atoms with E-state index in [9.17, 15) is 14.4 Å². The molecule has 7 nitrogen and oxygen atoms in total. The van der Waals surface area contributed by atoms with Crippen molar-refractivity contribution in [2.45, 2.75) is 39.3 Å². The topological polar surface area (TPSA) is 93.1 Å². The highest BCUT2D eigenvalue weighted by Crippen LogP contribution is 2.14. The van der Waals surface area contributed by atoms with E-state index in [0.717, 1.165) is 10.9 Å². The van der Waals surface area contributed by atoms with Gasteiger partial charge in [-0.3, -0.25) is 19.0 Å². The van der Waals surface area contributed by atoms with Gasteiger partial charge in [-0.05, 0) is 31.5 Å². The van der Waals surface area contributed by atoms with E-state index in [1.807, 2.05) is 13.8 Å². The normalized spacial score (nSPS) is 12.0. The summed E-state index contributed by atoms with van der Waals surface area (Å²) in [5, 5.41) is 5.91. The van der Waals surface area contributed by atoms with Gasteiger partial charge in [0.25, 0.3) is 5.56 Å². The first-order valence-corrected chi connectivity index (χ1v) is 8.90. The first-order valence-electron chi connectivity index (χ1n) is 8.11. The van der Waals surface area contributed by atoms with Gasteiger partial charge in [-0.1, -0.05) is 22.9 Å². The van der Waals surface area contributed by atoms with Gasteiger partial charge in [0.05, 0.1) is 17.2 Å². The third-order valence-electron chi connectivity index (χ3n) is 3.79. The van der Waals surface area contributed by atoms with Gasteiger partial charge in [-0.25, -0.2) is 4.98 Å². The number of fused-ring (bicyclic) bond motifs is 1. The zero-order valence-electron chi connectivity index (χ0n) is 14.2. The molecule has 0 aliphatic rings. The summed E-state index contributed by atoms with van der Waals surface area (Å²) >= 11 is 3.32. The number of halogens is 1. The fraction of sp³-hybridized carbons (Fsp3) is 0.412. The van der Waals surface area contributed by atoms with Crippen molar-refractivity contribution in [1.82, 2.24) is 20.2 Å². The molecule has 0 fully saturated rings. The lowest BCUT2D eigenvalue weighted by Gasteiger charge is -2.12. The minimum absolute atomic E-state index is 0.107. The molecule has 8 heteroatoms. The fourth-order valence-corrected chi connectivity index (χ4v) is 2.58. The average Bonchev–Trinajstić information content (AvgIpc) is 2.57. The number of aromatic nitrogens is 2. The van der Waals surface area contributed by atoms with Gasteiger partial charge in [0, 0.05) is 23.5 Å². The molecule has 1 heterocycles. The predicted octanol–water partition coefficient (Wildman–Crippen LogP) is 1.58. The van der Waals surface area contributed by atoms with Crippen LogP contribution in [0.5, 0.6) is 0 Å². The number of nitrogens with one attached hydrogen (secondary N) is 2. The van der Waals surface area contributed by atoms with Crippen LogP contribution in [-0.4, -0.2) is 34.0 Å². The van der Waals surface area contributed by atoms with Crippen molar-refractivity contribution in [3.8, 4) is 0 Å². The monoisotopic (exact) mass is 408 g/mol. The highest BCUT2D eigenvalue weighted by atomic mass is 79.9. The van der Waals surface area contributed by atoms with Gasteiger partial charge in [-0.2, -0.15) is 0 Å². The molecule has 0 aliphatic heterocycles. The summed E-state index contributed by atoms with van der Waals surface area (Å²) in [6.07, 6.45) is 2.41. The first-order chi connectivity index (χ1) is 11.9. The van der Waals surface area contributed by atoms with E-state index in [4.69, 9.17) is 0 Å². The number of hydrogen-bond acceptors (Lipinski definition) is 4. The Morgan fingerprint density at radius 3 is 2.80 bits per heavy atom. The molecule has 2 N–H and O–H groups in total.